The molecule has 0 bridgehead atoms. The molecule has 17 heavy (non-hydrogen) atoms. The van der Waals surface area contributed by atoms with E-state index < -0.39 is 0 Å². The first-order valence-corrected chi connectivity index (χ1v) is 5.65. The standard InChI is InChI=1S/C13H15N3O/c1-9(2)6-15-13(17)10-3-4-11-7-14-8-16-12(11)5-10/h3-5,7-9H,6H2,1-2H3,(H,15,17). The van der Waals surface area contributed by atoms with Gasteiger partial charge in [0.15, 0.2) is 0 Å². The zero-order valence-corrected chi connectivity index (χ0v) is 9.97. The summed E-state index contributed by atoms with van der Waals surface area (Å²) in [6.07, 6.45) is 3.22. The van der Waals surface area contributed by atoms with E-state index in [0.29, 0.717) is 18.0 Å². The molecule has 0 radical (unpaired) electrons. The number of hydrogen-bond acceptors (Lipinski definition) is 3. The topological polar surface area (TPSA) is 54.9 Å². The van der Waals surface area contributed by atoms with Crippen LogP contribution in [0, 0.1) is 5.92 Å². The quantitative estimate of drug-likeness (QED) is 0.876. The summed E-state index contributed by atoms with van der Waals surface area (Å²) in [5.74, 6) is 0.390. The maximum absolute atomic E-state index is 11.8. The lowest BCUT2D eigenvalue weighted by Crippen LogP contribution is -2.27. The Morgan fingerprint density at radius 2 is 2.24 bits per heavy atom. The molecule has 1 aromatic heterocycles. The highest BCUT2D eigenvalue weighted by atomic mass is 16.1. The van der Waals surface area contributed by atoms with Crippen LogP contribution in [0.15, 0.2) is 30.7 Å². The Labute approximate surface area is 100 Å². The molecular formula is C13H15N3O. The summed E-state index contributed by atoms with van der Waals surface area (Å²) >= 11 is 0. The minimum absolute atomic E-state index is 0.0563. The third-order valence-corrected chi connectivity index (χ3v) is 2.44. The predicted molar refractivity (Wildman–Crippen MR) is 66.7 cm³/mol. The van der Waals surface area contributed by atoms with Gasteiger partial charge >= 0.3 is 0 Å². The molecule has 0 aliphatic heterocycles. The van der Waals surface area contributed by atoms with E-state index in [4.69, 9.17) is 0 Å². The number of carbonyl (C=O) groups is 1. The largest absolute Gasteiger partial charge is 0.352 e. The number of aromatic nitrogens is 2. The molecule has 88 valence electrons. The van der Waals surface area contributed by atoms with Crippen molar-refractivity contribution in [3.05, 3.63) is 36.3 Å². The molecular weight excluding hydrogens is 214 g/mol. The fraction of sp³-hybridized carbons (Fsp3) is 0.308. The van der Waals surface area contributed by atoms with Crippen LogP contribution in [0.5, 0.6) is 0 Å². The van der Waals surface area contributed by atoms with Crippen LogP contribution in [0.1, 0.15) is 24.2 Å². The molecule has 0 atom stereocenters. The molecule has 2 aromatic rings. The molecule has 1 aromatic carbocycles. The van der Waals surface area contributed by atoms with Crippen molar-refractivity contribution in [3.8, 4) is 0 Å². The van der Waals surface area contributed by atoms with Gasteiger partial charge in [-0.15, -0.1) is 0 Å². The predicted octanol–water partition coefficient (Wildman–Crippen LogP) is 2.02. The number of carbonyl (C=O) groups excluding carboxylic acids is 1. The Hall–Kier alpha value is -1.97. The van der Waals surface area contributed by atoms with Crippen LogP contribution < -0.4 is 5.32 Å². The molecule has 4 heteroatoms. The maximum atomic E-state index is 11.8. The van der Waals surface area contributed by atoms with Crippen LogP contribution in [-0.4, -0.2) is 22.4 Å². The van der Waals surface area contributed by atoms with Gasteiger partial charge in [-0.1, -0.05) is 19.9 Å². The normalized spacial score (nSPS) is 10.8. The molecule has 1 amide bonds. The highest BCUT2D eigenvalue weighted by molar-refractivity contribution is 5.97. The van der Waals surface area contributed by atoms with Crippen molar-refractivity contribution >= 4 is 16.8 Å². The first-order valence-electron chi connectivity index (χ1n) is 5.65. The highest BCUT2D eigenvalue weighted by Crippen LogP contribution is 2.12. The van der Waals surface area contributed by atoms with Crippen molar-refractivity contribution in [1.29, 1.82) is 0 Å². The van der Waals surface area contributed by atoms with Gasteiger partial charge in [0, 0.05) is 23.7 Å². The van der Waals surface area contributed by atoms with E-state index in [9.17, 15) is 4.79 Å². The summed E-state index contributed by atoms with van der Waals surface area (Å²) in [6, 6.07) is 5.44. The van der Waals surface area contributed by atoms with Crippen LogP contribution >= 0.6 is 0 Å². The van der Waals surface area contributed by atoms with Crippen molar-refractivity contribution in [3.63, 3.8) is 0 Å². The molecule has 0 fully saturated rings. The molecule has 1 N–H and O–H groups in total. The van der Waals surface area contributed by atoms with E-state index in [2.05, 4.69) is 29.1 Å². The van der Waals surface area contributed by atoms with Gasteiger partial charge in [0.2, 0.25) is 0 Å². The highest BCUT2D eigenvalue weighted by Gasteiger charge is 2.06. The van der Waals surface area contributed by atoms with Crippen LogP contribution in [0.25, 0.3) is 10.9 Å². The molecule has 0 aliphatic carbocycles. The Kier molecular flexibility index (Phi) is 3.32. The van der Waals surface area contributed by atoms with E-state index >= 15 is 0 Å². The summed E-state index contributed by atoms with van der Waals surface area (Å²) < 4.78 is 0. The number of nitrogens with zero attached hydrogens (tertiary/aromatic N) is 2. The van der Waals surface area contributed by atoms with Gasteiger partial charge in [-0.25, -0.2) is 9.97 Å². The fourth-order valence-corrected chi connectivity index (χ4v) is 1.51. The summed E-state index contributed by atoms with van der Waals surface area (Å²) in [6.45, 7) is 4.81. The molecule has 0 spiro atoms. The number of hydrogen-bond donors (Lipinski definition) is 1. The smallest absolute Gasteiger partial charge is 0.251 e. The zero-order chi connectivity index (χ0) is 12.3. The van der Waals surface area contributed by atoms with Crippen LogP contribution in [0.3, 0.4) is 0 Å². The summed E-state index contributed by atoms with van der Waals surface area (Å²) in [5, 5.41) is 3.82. The molecule has 1 heterocycles. The zero-order valence-electron chi connectivity index (χ0n) is 9.97. The van der Waals surface area contributed by atoms with Gasteiger partial charge in [-0.3, -0.25) is 4.79 Å². The van der Waals surface area contributed by atoms with E-state index in [1.165, 1.54) is 6.33 Å². The van der Waals surface area contributed by atoms with E-state index in [-0.39, 0.29) is 5.91 Å². The SMILES string of the molecule is CC(C)CNC(=O)c1ccc2cncnc2c1. The first-order chi connectivity index (χ1) is 8.16. The van der Waals surface area contributed by atoms with Gasteiger partial charge in [0.1, 0.15) is 6.33 Å². The Bertz CT molecular complexity index is 537. The lowest BCUT2D eigenvalue weighted by Gasteiger charge is -2.07. The lowest BCUT2D eigenvalue weighted by atomic mass is 10.1. The summed E-state index contributed by atoms with van der Waals surface area (Å²) in [4.78, 5) is 19.9. The molecule has 0 saturated heterocycles. The number of fused-ring (bicyclic) bond motifs is 1. The Morgan fingerprint density at radius 3 is 3.00 bits per heavy atom. The van der Waals surface area contributed by atoms with Gasteiger partial charge in [-0.05, 0) is 18.1 Å². The average molecular weight is 229 g/mol. The van der Waals surface area contributed by atoms with Crippen molar-refractivity contribution < 1.29 is 4.79 Å². The van der Waals surface area contributed by atoms with Gasteiger partial charge in [0.05, 0.1) is 5.52 Å². The Morgan fingerprint density at radius 1 is 1.41 bits per heavy atom. The van der Waals surface area contributed by atoms with Gasteiger partial charge in [0.25, 0.3) is 5.91 Å². The summed E-state index contributed by atoms with van der Waals surface area (Å²) in [5.41, 5.74) is 1.43. The molecule has 2 rings (SSSR count). The number of nitrogens with one attached hydrogen (secondary N) is 1. The van der Waals surface area contributed by atoms with E-state index in [1.807, 2.05) is 6.07 Å². The van der Waals surface area contributed by atoms with Crippen molar-refractivity contribution in [1.82, 2.24) is 15.3 Å². The van der Waals surface area contributed by atoms with E-state index in [0.717, 1.165) is 10.9 Å². The monoisotopic (exact) mass is 229 g/mol. The number of benzene rings is 1. The van der Waals surface area contributed by atoms with Gasteiger partial charge < -0.3 is 5.32 Å². The minimum Gasteiger partial charge on any atom is -0.352 e. The van der Waals surface area contributed by atoms with Crippen LogP contribution in [-0.2, 0) is 0 Å². The number of rotatable bonds is 3. The van der Waals surface area contributed by atoms with Crippen molar-refractivity contribution in [2.45, 2.75) is 13.8 Å². The van der Waals surface area contributed by atoms with Crippen molar-refractivity contribution in [2.24, 2.45) is 5.92 Å². The second-order valence-electron chi connectivity index (χ2n) is 4.40. The second kappa shape index (κ2) is 4.91. The number of amides is 1. The second-order valence-corrected chi connectivity index (χ2v) is 4.40. The van der Waals surface area contributed by atoms with Crippen LogP contribution in [0.2, 0.25) is 0 Å². The van der Waals surface area contributed by atoms with Crippen LogP contribution in [0.4, 0.5) is 0 Å². The average Bonchev–Trinajstić information content (AvgIpc) is 2.35. The lowest BCUT2D eigenvalue weighted by molar-refractivity contribution is 0.0949. The maximum Gasteiger partial charge on any atom is 0.251 e. The third kappa shape index (κ3) is 2.78. The van der Waals surface area contributed by atoms with Gasteiger partial charge in [-0.2, -0.15) is 0 Å². The Balaban J connectivity index is 2.21. The molecule has 0 saturated carbocycles. The van der Waals surface area contributed by atoms with E-state index in [1.54, 1.807) is 18.3 Å². The third-order valence-electron chi connectivity index (χ3n) is 2.44. The molecule has 0 unspecified atom stereocenters. The molecule has 0 aliphatic rings. The fourth-order valence-electron chi connectivity index (χ4n) is 1.51. The summed E-state index contributed by atoms with van der Waals surface area (Å²) in [7, 11) is 0. The molecule has 4 nitrogen and oxygen atoms in total. The first kappa shape index (κ1) is 11.5. The minimum atomic E-state index is -0.0563. The van der Waals surface area contributed by atoms with Crippen molar-refractivity contribution in [2.75, 3.05) is 6.54 Å².